The van der Waals surface area contributed by atoms with Gasteiger partial charge in [-0.05, 0) is 81.4 Å². The molecule has 4 aliphatic carbocycles. The van der Waals surface area contributed by atoms with Gasteiger partial charge in [0.2, 0.25) is 5.91 Å². The van der Waals surface area contributed by atoms with Gasteiger partial charge in [-0.25, -0.2) is 9.97 Å². The molecule has 168 valence electrons. The molecular formula is C28H30N4O. The van der Waals surface area contributed by atoms with Crippen molar-refractivity contribution in [3.63, 3.8) is 0 Å². The van der Waals surface area contributed by atoms with E-state index in [1.54, 1.807) is 0 Å². The summed E-state index contributed by atoms with van der Waals surface area (Å²) < 4.78 is 0. The molecule has 7 rings (SSSR count). The highest BCUT2D eigenvalue weighted by molar-refractivity contribution is 5.96. The lowest BCUT2D eigenvalue weighted by Gasteiger charge is -2.55. The third-order valence-electron chi connectivity index (χ3n) is 7.82. The van der Waals surface area contributed by atoms with E-state index in [1.165, 1.54) is 19.3 Å². The summed E-state index contributed by atoms with van der Waals surface area (Å²) in [6, 6.07) is 20.0. The molecule has 5 nitrogen and oxygen atoms in total. The fraction of sp³-hybridized carbons (Fsp3) is 0.393. The molecule has 33 heavy (non-hydrogen) atoms. The molecule has 2 N–H and O–H groups in total. The van der Waals surface area contributed by atoms with E-state index in [-0.39, 0.29) is 11.3 Å². The molecule has 4 fully saturated rings. The van der Waals surface area contributed by atoms with Crippen LogP contribution < -0.4 is 10.6 Å². The molecule has 5 heteroatoms. The van der Waals surface area contributed by atoms with Crippen molar-refractivity contribution in [2.75, 3.05) is 10.6 Å². The van der Waals surface area contributed by atoms with Gasteiger partial charge >= 0.3 is 0 Å². The molecule has 1 heterocycles. The fourth-order valence-corrected chi connectivity index (χ4v) is 6.86. The van der Waals surface area contributed by atoms with E-state index in [0.717, 1.165) is 65.5 Å². The van der Waals surface area contributed by atoms with Gasteiger partial charge in [-0.3, -0.25) is 4.79 Å². The number of nitrogens with one attached hydrogen (secondary N) is 2. The van der Waals surface area contributed by atoms with Crippen LogP contribution in [0.1, 0.15) is 44.3 Å². The number of carbonyl (C=O) groups is 1. The van der Waals surface area contributed by atoms with Gasteiger partial charge in [-0.1, -0.05) is 36.4 Å². The molecule has 0 spiro atoms. The molecule has 1 aromatic heterocycles. The second-order valence-electron chi connectivity index (χ2n) is 10.4. The van der Waals surface area contributed by atoms with Crippen molar-refractivity contribution in [3.8, 4) is 11.3 Å². The Kier molecular flexibility index (Phi) is 4.93. The Balaban J connectivity index is 1.20. The SMILES string of the molecule is Cc1nc(Nc2cccc(NC(=O)C34CC5CC(CC(C5)C3)C4)c2)cc(-c2ccccc2)n1. The first-order valence-corrected chi connectivity index (χ1v) is 12.1. The number of aryl methyl sites for hydroxylation is 1. The third-order valence-corrected chi connectivity index (χ3v) is 7.82. The lowest BCUT2D eigenvalue weighted by Crippen LogP contribution is -2.51. The fourth-order valence-electron chi connectivity index (χ4n) is 6.86. The Morgan fingerprint density at radius 2 is 1.52 bits per heavy atom. The Morgan fingerprint density at radius 3 is 2.21 bits per heavy atom. The van der Waals surface area contributed by atoms with E-state index in [9.17, 15) is 4.79 Å². The minimum absolute atomic E-state index is 0.146. The molecule has 0 aliphatic heterocycles. The maximum absolute atomic E-state index is 13.4. The molecule has 4 bridgehead atoms. The summed E-state index contributed by atoms with van der Waals surface area (Å²) in [4.78, 5) is 22.6. The van der Waals surface area contributed by atoms with Crippen molar-refractivity contribution in [2.45, 2.75) is 45.4 Å². The number of anilines is 3. The average molecular weight is 439 g/mol. The van der Waals surface area contributed by atoms with Gasteiger partial charge in [-0.2, -0.15) is 0 Å². The summed E-state index contributed by atoms with van der Waals surface area (Å²) in [6.07, 6.45) is 7.25. The molecule has 3 aromatic rings. The zero-order valence-electron chi connectivity index (χ0n) is 19.1. The predicted octanol–water partition coefficient (Wildman–Crippen LogP) is 6.35. The van der Waals surface area contributed by atoms with Crippen molar-refractivity contribution in [2.24, 2.45) is 23.2 Å². The van der Waals surface area contributed by atoms with E-state index in [4.69, 9.17) is 0 Å². The van der Waals surface area contributed by atoms with Crippen LogP contribution >= 0.6 is 0 Å². The minimum atomic E-state index is -0.146. The van der Waals surface area contributed by atoms with Gasteiger partial charge in [-0.15, -0.1) is 0 Å². The number of benzene rings is 2. The summed E-state index contributed by atoms with van der Waals surface area (Å²) in [5.41, 5.74) is 3.54. The van der Waals surface area contributed by atoms with Crippen molar-refractivity contribution in [1.82, 2.24) is 9.97 Å². The molecule has 0 radical (unpaired) electrons. The van der Waals surface area contributed by atoms with Crippen LogP contribution in [0, 0.1) is 30.1 Å². The van der Waals surface area contributed by atoms with Crippen molar-refractivity contribution < 1.29 is 4.79 Å². The summed E-state index contributed by atoms with van der Waals surface area (Å²) in [5, 5.41) is 6.66. The maximum Gasteiger partial charge on any atom is 0.230 e. The maximum atomic E-state index is 13.4. The highest BCUT2D eigenvalue weighted by atomic mass is 16.2. The molecule has 4 saturated carbocycles. The quantitative estimate of drug-likeness (QED) is 0.487. The van der Waals surface area contributed by atoms with Crippen LogP contribution in [-0.4, -0.2) is 15.9 Å². The van der Waals surface area contributed by atoms with Gasteiger partial charge in [0.05, 0.1) is 11.1 Å². The molecule has 0 atom stereocenters. The van der Waals surface area contributed by atoms with E-state index >= 15 is 0 Å². The first-order valence-electron chi connectivity index (χ1n) is 12.1. The van der Waals surface area contributed by atoms with Crippen LogP contribution in [0.3, 0.4) is 0 Å². The Hall–Kier alpha value is -3.21. The van der Waals surface area contributed by atoms with Gasteiger partial charge in [0, 0.05) is 23.0 Å². The lowest BCUT2D eigenvalue weighted by atomic mass is 9.49. The molecular weight excluding hydrogens is 408 g/mol. The number of rotatable bonds is 5. The normalized spacial score (nSPS) is 27.4. The van der Waals surface area contributed by atoms with Crippen LogP contribution in [-0.2, 0) is 4.79 Å². The lowest BCUT2D eigenvalue weighted by molar-refractivity contribution is -0.140. The first kappa shape index (κ1) is 20.4. The monoisotopic (exact) mass is 438 g/mol. The number of carbonyl (C=O) groups excluding carboxylic acids is 1. The highest BCUT2D eigenvalue weighted by Gasteiger charge is 2.54. The Bertz CT molecular complexity index is 1150. The second kappa shape index (κ2) is 7.98. The summed E-state index contributed by atoms with van der Waals surface area (Å²) in [7, 11) is 0. The largest absolute Gasteiger partial charge is 0.340 e. The number of hydrogen-bond acceptors (Lipinski definition) is 4. The minimum Gasteiger partial charge on any atom is -0.340 e. The van der Waals surface area contributed by atoms with Gasteiger partial charge < -0.3 is 10.6 Å². The number of hydrogen-bond donors (Lipinski definition) is 2. The predicted molar refractivity (Wildman–Crippen MR) is 131 cm³/mol. The Morgan fingerprint density at radius 1 is 0.848 bits per heavy atom. The van der Waals surface area contributed by atoms with E-state index in [1.807, 2.05) is 67.6 Å². The smallest absolute Gasteiger partial charge is 0.230 e. The van der Waals surface area contributed by atoms with Crippen molar-refractivity contribution in [1.29, 1.82) is 0 Å². The third kappa shape index (κ3) is 4.01. The first-order chi connectivity index (χ1) is 16.0. The molecule has 0 saturated heterocycles. The second-order valence-corrected chi connectivity index (χ2v) is 10.4. The van der Waals surface area contributed by atoms with Crippen LogP contribution in [0.5, 0.6) is 0 Å². The van der Waals surface area contributed by atoms with Crippen molar-refractivity contribution >= 4 is 23.1 Å². The number of amides is 1. The number of aromatic nitrogens is 2. The van der Waals surface area contributed by atoms with E-state index < -0.39 is 0 Å². The highest BCUT2D eigenvalue weighted by Crippen LogP contribution is 2.60. The van der Waals surface area contributed by atoms with Gasteiger partial charge in [0.25, 0.3) is 0 Å². The van der Waals surface area contributed by atoms with Crippen molar-refractivity contribution in [3.05, 3.63) is 66.5 Å². The number of nitrogens with zero attached hydrogens (tertiary/aromatic N) is 2. The molecule has 1 amide bonds. The molecule has 0 unspecified atom stereocenters. The van der Waals surface area contributed by atoms with Crippen LogP contribution in [0.2, 0.25) is 0 Å². The van der Waals surface area contributed by atoms with Crippen LogP contribution in [0.15, 0.2) is 60.7 Å². The molecule has 2 aromatic carbocycles. The van der Waals surface area contributed by atoms with E-state index in [0.29, 0.717) is 5.82 Å². The summed E-state index contributed by atoms with van der Waals surface area (Å²) in [5.74, 6) is 3.96. The van der Waals surface area contributed by atoms with Gasteiger partial charge in [0.1, 0.15) is 11.6 Å². The molecule has 4 aliphatic rings. The zero-order chi connectivity index (χ0) is 22.4. The van der Waals surface area contributed by atoms with Crippen LogP contribution in [0.25, 0.3) is 11.3 Å². The van der Waals surface area contributed by atoms with E-state index in [2.05, 4.69) is 20.6 Å². The summed E-state index contributed by atoms with van der Waals surface area (Å²) in [6.45, 7) is 1.90. The topological polar surface area (TPSA) is 66.9 Å². The Labute approximate surface area is 195 Å². The summed E-state index contributed by atoms with van der Waals surface area (Å²) >= 11 is 0. The zero-order valence-corrected chi connectivity index (χ0v) is 19.1. The average Bonchev–Trinajstić information content (AvgIpc) is 2.79. The van der Waals surface area contributed by atoms with Crippen LogP contribution in [0.4, 0.5) is 17.2 Å². The van der Waals surface area contributed by atoms with Gasteiger partial charge in [0.15, 0.2) is 0 Å². The standard InChI is InChI=1S/C28H30N4O/c1-18-29-25(22-6-3-2-4-7-22)14-26(30-18)31-23-8-5-9-24(13-23)32-27(33)28-15-19-10-20(16-28)12-21(11-19)17-28/h2-9,13-14,19-21H,10-12,15-17H2,1H3,(H,32,33)(H,29,30,31).